The Morgan fingerprint density at radius 1 is 1.33 bits per heavy atom. The van der Waals surface area contributed by atoms with Gasteiger partial charge in [0.1, 0.15) is 0 Å². The van der Waals surface area contributed by atoms with Gasteiger partial charge in [-0.2, -0.15) is 6.92 Å². The average molecular weight is 118 g/mol. The van der Waals surface area contributed by atoms with Gasteiger partial charge in [0.25, 0.3) is 0 Å². The maximum Gasteiger partial charge on any atom is 1.00 e. The summed E-state index contributed by atoms with van der Waals surface area (Å²) >= 11 is 0. The van der Waals surface area contributed by atoms with Crippen LogP contribution in [0.4, 0.5) is 0 Å². The Hall–Kier alpha value is 0.337. The summed E-state index contributed by atoms with van der Waals surface area (Å²) in [6, 6.07) is 0. The molecule has 0 bridgehead atoms. The van der Waals surface area contributed by atoms with E-state index in [2.05, 4.69) is 19.1 Å². The van der Waals surface area contributed by atoms with Crippen molar-refractivity contribution in [3.8, 4) is 0 Å². The van der Waals surface area contributed by atoms with Crippen molar-refractivity contribution in [1.82, 2.24) is 0 Å². The van der Waals surface area contributed by atoms with Crippen LogP contribution < -0.4 is 18.9 Å². The summed E-state index contributed by atoms with van der Waals surface area (Å²) in [5, 5.41) is 0. The van der Waals surface area contributed by atoms with Gasteiger partial charge in [-0.3, -0.25) is 6.08 Å². The third-order valence-electron chi connectivity index (χ3n) is 1.16. The Balaban J connectivity index is 0. The zero-order valence-electron chi connectivity index (χ0n) is 6.91. The molecule has 1 heteroatoms. The van der Waals surface area contributed by atoms with Crippen molar-refractivity contribution in [3.05, 3.63) is 12.2 Å². The second kappa shape index (κ2) is 11.2. The van der Waals surface area contributed by atoms with Gasteiger partial charge in [-0.15, -0.1) is 0 Å². The fourth-order valence-corrected chi connectivity index (χ4v) is 0.641. The molecule has 0 spiro atoms. The van der Waals surface area contributed by atoms with E-state index in [0.29, 0.717) is 0 Å². The second-order valence-electron chi connectivity index (χ2n) is 1.99. The minimum Gasteiger partial charge on any atom is -0.504 e. The van der Waals surface area contributed by atoms with Gasteiger partial charge < -0.3 is 6.08 Å². The monoisotopic (exact) mass is 118 g/mol. The molecular weight excluding hydrogens is 103 g/mol. The fraction of sp³-hybridized carbons (Fsp3) is 0.750. The second-order valence-corrected chi connectivity index (χ2v) is 1.99. The third kappa shape index (κ3) is 11.8. The minimum absolute atomic E-state index is 0. The molecule has 0 aromatic heterocycles. The van der Waals surface area contributed by atoms with Crippen molar-refractivity contribution in [2.45, 2.75) is 39.5 Å². The zero-order chi connectivity index (χ0) is 6.24. The Morgan fingerprint density at radius 3 is 2.44 bits per heavy atom. The van der Waals surface area contributed by atoms with Gasteiger partial charge in [-0.25, -0.2) is 0 Å². The smallest absolute Gasteiger partial charge is 0.504 e. The quantitative estimate of drug-likeness (QED) is 0.276. The van der Waals surface area contributed by atoms with E-state index in [4.69, 9.17) is 0 Å². The predicted octanol–water partition coefficient (Wildman–Crippen LogP) is -0.0500. The molecule has 0 unspecified atom stereocenters. The molecule has 0 radical (unpaired) electrons. The Labute approximate surface area is 70.9 Å². The van der Waals surface area contributed by atoms with E-state index < -0.39 is 0 Å². The van der Waals surface area contributed by atoms with E-state index in [9.17, 15) is 0 Å². The molecule has 0 N–H and O–H groups in total. The molecule has 0 aliphatic heterocycles. The van der Waals surface area contributed by atoms with Crippen LogP contribution in [0.2, 0.25) is 0 Å². The molecule has 0 amide bonds. The minimum atomic E-state index is 0. The number of unbranched alkanes of at least 4 members (excludes halogenated alkanes) is 3. The maximum atomic E-state index is 3.00. The third-order valence-corrected chi connectivity index (χ3v) is 1.16. The molecule has 0 fully saturated rings. The van der Waals surface area contributed by atoms with Crippen molar-refractivity contribution in [2.24, 2.45) is 0 Å². The van der Waals surface area contributed by atoms with Crippen LogP contribution in [0.3, 0.4) is 0 Å². The summed E-state index contributed by atoms with van der Waals surface area (Å²) in [6.45, 7) is 4.17. The molecule has 0 nitrogen and oxygen atoms in total. The molecule has 0 heterocycles. The summed E-state index contributed by atoms with van der Waals surface area (Å²) < 4.78 is 0. The van der Waals surface area contributed by atoms with Crippen LogP contribution in [0.25, 0.3) is 0 Å². The summed E-state index contributed by atoms with van der Waals surface area (Å²) in [7, 11) is 0. The van der Waals surface area contributed by atoms with Crippen molar-refractivity contribution in [2.75, 3.05) is 0 Å². The van der Waals surface area contributed by atoms with Gasteiger partial charge in [0.2, 0.25) is 0 Å². The SMILES string of the molecule is C[C-]=CCCCCC.[Li+]. The summed E-state index contributed by atoms with van der Waals surface area (Å²) in [6.07, 6.45) is 10.3. The molecule has 0 rings (SSSR count). The van der Waals surface area contributed by atoms with Crippen LogP contribution >= 0.6 is 0 Å². The molecule has 48 valence electrons. The van der Waals surface area contributed by atoms with E-state index in [1.165, 1.54) is 25.7 Å². The molecular formula is C8H15Li. The van der Waals surface area contributed by atoms with Crippen molar-refractivity contribution in [1.29, 1.82) is 0 Å². The number of rotatable bonds is 4. The van der Waals surface area contributed by atoms with Crippen LogP contribution in [0.1, 0.15) is 39.5 Å². The van der Waals surface area contributed by atoms with Gasteiger partial charge in [-0.05, 0) is 0 Å². The molecule has 0 aliphatic rings. The summed E-state index contributed by atoms with van der Waals surface area (Å²) in [5.41, 5.74) is 0. The van der Waals surface area contributed by atoms with Crippen LogP contribution in [0.15, 0.2) is 6.08 Å². The first-order chi connectivity index (χ1) is 3.91. The number of allylic oxidation sites excluding steroid dienone is 2. The van der Waals surface area contributed by atoms with Crippen molar-refractivity contribution >= 4 is 0 Å². The van der Waals surface area contributed by atoms with Crippen molar-refractivity contribution < 1.29 is 18.9 Å². The molecule has 0 aromatic rings. The molecule has 0 saturated carbocycles. The van der Waals surface area contributed by atoms with Gasteiger partial charge in [0.05, 0.1) is 0 Å². The standard InChI is InChI=1S/C8H15.Li/c1-3-5-7-8-6-4-2;/h6H,3,5,7-8H2,1-2H3;/q-1;+1. The summed E-state index contributed by atoms with van der Waals surface area (Å²) in [5.74, 6) is 0. The molecule has 0 aromatic carbocycles. The Bertz CT molecular complexity index is 57.6. The Morgan fingerprint density at radius 2 is 2.00 bits per heavy atom. The largest absolute Gasteiger partial charge is 1.00 e. The molecule has 0 atom stereocenters. The maximum absolute atomic E-state index is 3.00. The van der Waals surface area contributed by atoms with Crippen LogP contribution in [-0.4, -0.2) is 0 Å². The first kappa shape index (κ1) is 12.1. The zero-order valence-corrected chi connectivity index (χ0v) is 6.91. The van der Waals surface area contributed by atoms with Gasteiger partial charge >= 0.3 is 18.9 Å². The van der Waals surface area contributed by atoms with Gasteiger partial charge in [0, 0.05) is 0 Å². The molecule has 9 heavy (non-hydrogen) atoms. The molecule has 0 aliphatic carbocycles. The van der Waals surface area contributed by atoms with Gasteiger partial charge in [0.15, 0.2) is 0 Å². The topological polar surface area (TPSA) is 0 Å². The molecule has 0 saturated heterocycles. The van der Waals surface area contributed by atoms with E-state index in [0.717, 1.165) is 0 Å². The first-order valence-corrected chi connectivity index (χ1v) is 3.40. The van der Waals surface area contributed by atoms with E-state index in [-0.39, 0.29) is 18.9 Å². The van der Waals surface area contributed by atoms with Crippen LogP contribution in [-0.2, 0) is 0 Å². The Kier molecular flexibility index (Phi) is 15.0. The normalized spacial score (nSPS) is 9.56. The first-order valence-electron chi connectivity index (χ1n) is 3.40. The van der Waals surface area contributed by atoms with Gasteiger partial charge in [-0.1, -0.05) is 32.6 Å². The number of hydrogen-bond donors (Lipinski definition) is 0. The predicted molar refractivity (Wildman–Crippen MR) is 37.6 cm³/mol. The fourth-order valence-electron chi connectivity index (χ4n) is 0.641. The van der Waals surface area contributed by atoms with Crippen LogP contribution in [0.5, 0.6) is 0 Å². The van der Waals surface area contributed by atoms with E-state index in [1.807, 2.05) is 6.92 Å². The summed E-state index contributed by atoms with van der Waals surface area (Å²) in [4.78, 5) is 0. The van der Waals surface area contributed by atoms with E-state index >= 15 is 0 Å². The van der Waals surface area contributed by atoms with E-state index in [1.54, 1.807) is 0 Å². The average Bonchev–Trinajstić information content (AvgIpc) is 1.81. The van der Waals surface area contributed by atoms with Crippen molar-refractivity contribution in [3.63, 3.8) is 0 Å². The van der Waals surface area contributed by atoms with Crippen LogP contribution in [0, 0.1) is 6.08 Å². The number of hydrogen-bond acceptors (Lipinski definition) is 0.